The van der Waals surface area contributed by atoms with E-state index >= 15 is 0 Å². The Balaban J connectivity index is 1.97. The van der Waals surface area contributed by atoms with E-state index in [0.717, 1.165) is 12.1 Å². The zero-order valence-electron chi connectivity index (χ0n) is 17.6. The SMILES string of the molecule is COc1ccc([C@@H]2C(=C(O)c3ccc(F)cc3)C(=O)C(=O)N2CCCCCC(=O)O)cc1. The van der Waals surface area contributed by atoms with Crippen LogP contribution in [0.15, 0.2) is 54.1 Å². The van der Waals surface area contributed by atoms with Gasteiger partial charge in [-0.15, -0.1) is 0 Å². The van der Waals surface area contributed by atoms with Crippen LogP contribution in [0.4, 0.5) is 4.39 Å². The Morgan fingerprint density at radius 3 is 2.25 bits per heavy atom. The predicted molar refractivity (Wildman–Crippen MR) is 115 cm³/mol. The number of methoxy groups -OCH3 is 1. The van der Waals surface area contributed by atoms with Gasteiger partial charge < -0.3 is 19.8 Å². The number of carbonyl (C=O) groups is 3. The second-order valence-electron chi connectivity index (χ2n) is 7.48. The molecular formula is C24H24FNO6. The molecule has 32 heavy (non-hydrogen) atoms. The number of ether oxygens (including phenoxy) is 1. The summed E-state index contributed by atoms with van der Waals surface area (Å²) in [5, 5.41) is 19.7. The van der Waals surface area contributed by atoms with Gasteiger partial charge >= 0.3 is 5.97 Å². The summed E-state index contributed by atoms with van der Waals surface area (Å²) in [5.41, 5.74) is 0.765. The van der Waals surface area contributed by atoms with Crippen LogP contribution in [-0.2, 0) is 14.4 Å². The van der Waals surface area contributed by atoms with E-state index < -0.39 is 29.5 Å². The largest absolute Gasteiger partial charge is 0.507 e. The highest BCUT2D eigenvalue weighted by molar-refractivity contribution is 6.46. The number of aliphatic carboxylic acids is 1. The van der Waals surface area contributed by atoms with Crippen LogP contribution in [0.25, 0.3) is 5.76 Å². The quantitative estimate of drug-likeness (QED) is 0.265. The lowest BCUT2D eigenvalue weighted by Gasteiger charge is -2.25. The number of benzene rings is 2. The zero-order chi connectivity index (χ0) is 23.3. The maximum absolute atomic E-state index is 13.3. The number of hydrogen-bond acceptors (Lipinski definition) is 5. The monoisotopic (exact) mass is 441 g/mol. The number of carboxylic acids is 1. The molecule has 0 unspecified atom stereocenters. The summed E-state index contributed by atoms with van der Waals surface area (Å²) in [5.74, 6) is -2.72. The van der Waals surface area contributed by atoms with Crippen molar-refractivity contribution >= 4 is 23.4 Å². The maximum atomic E-state index is 13.3. The van der Waals surface area contributed by atoms with Crippen molar-refractivity contribution in [3.63, 3.8) is 0 Å². The molecule has 0 radical (unpaired) electrons. The van der Waals surface area contributed by atoms with Gasteiger partial charge in [-0.3, -0.25) is 14.4 Å². The lowest BCUT2D eigenvalue weighted by Crippen LogP contribution is -2.30. The normalized spacial score (nSPS) is 17.6. The van der Waals surface area contributed by atoms with Crippen LogP contribution in [0.5, 0.6) is 5.75 Å². The average molecular weight is 441 g/mol. The minimum absolute atomic E-state index is 0.0330. The molecule has 2 aromatic rings. The first-order valence-corrected chi connectivity index (χ1v) is 10.2. The number of carbonyl (C=O) groups excluding carboxylic acids is 2. The minimum atomic E-state index is -0.886. The molecule has 7 nitrogen and oxygen atoms in total. The molecule has 0 bridgehead atoms. The molecule has 2 aromatic carbocycles. The van der Waals surface area contributed by atoms with Crippen LogP contribution in [0, 0.1) is 5.82 Å². The number of hydrogen-bond donors (Lipinski definition) is 2. The molecule has 1 atom stereocenters. The third-order valence-corrected chi connectivity index (χ3v) is 5.38. The van der Waals surface area contributed by atoms with Crippen molar-refractivity contribution in [3.05, 3.63) is 71.0 Å². The Morgan fingerprint density at radius 2 is 1.66 bits per heavy atom. The molecule has 0 aliphatic carbocycles. The van der Waals surface area contributed by atoms with Gasteiger partial charge in [0, 0.05) is 18.5 Å². The number of ketones is 1. The van der Waals surface area contributed by atoms with E-state index in [1.807, 2.05) is 0 Å². The number of unbranched alkanes of at least 4 members (excludes halogenated alkanes) is 2. The molecule has 168 valence electrons. The van der Waals surface area contributed by atoms with E-state index in [0.29, 0.717) is 30.6 Å². The van der Waals surface area contributed by atoms with Crippen LogP contribution >= 0.6 is 0 Å². The number of amides is 1. The standard InChI is InChI=1S/C24H24FNO6/c1-32-18-12-8-15(9-13-18)21-20(22(29)16-6-10-17(25)11-7-16)23(30)24(31)26(21)14-4-2-3-5-19(27)28/h6-13,21,29H,2-5,14H2,1H3,(H,27,28)/t21-/m1/s1. The van der Waals surface area contributed by atoms with Gasteiger partial charge in [-0.25, -0.2) is 4.39 Å². The average Bonchev–Trinajstić information content (AvgIpc) is 3.03. The smallest absolute Gasteiger partial charge is 0.303 e. The van der Waals surface area contributed by atoms with Gasteiger partial charge in [-0.1, -0.05) is 18.6 Å². The van der Waals surface area contributed by atoms with Gasteiger partial charge in [-0.05, 0) is 54.8 Å². The number of carboxylic acid groups (broad SMARTS) is 1. The highest BCUT2D eigenvalue weighted by Gasteiger charge is 2.45. The molecule has 2 N–H and O–H groups in total. The summed E-state index contributed by atoms with van der Waals surface area (Å²) in [6, 6.07) is 11.0. The van der Waals surface area contributed by atoms with Crippen molar-refractivity contribution in [1.29, 1.82) is 0 Å². The molecule has 1 heterocycles. The molecule has 0 saturated carbocycles. The topological polar surface area (TPSA) is 104 Å². The van der Waals surface area contributed by atoms with Gasteiger partial charge in [0.15, 0.2) is 0 Å². The van der Waals surface area contributed by atoms with Crippen LogP contribution in [0.2, 0.25) is 0 Å². The molecule has 0 spiro atoms. The number of likely N-dealkylation sites (tertiary alicyclic amines) is 1. The molecule has 1 aliphatic rings. The first kappa shape index (κ1) is 23.0. The van der Waals surface area contributed by atoms with Gasteiger partial charge in [-0.2, -0.15) is 0 Å². The number of nitrogens with zero attached hydrogens (tertiary/aromatic N) is 1. The first-order valence-electron chi connectivity index (χ1n) is 10.2. The van der Waals surface area contributed by atoms with E-state index in [-0.39, 0.29) is 29.9 Å². The lowest BCUT2D eigenvalue weighted by atomic mass is 9.95. The third-order valence-electron chi connectivity index (χ3n) is 5.38. The van der Waals surface area contributed by atoms with Crippen LogP contribution in [0.3, 0.4) is 0 Å². The fraction of sp³-hybridized carbons (Fsp3) is 0.292. The Kier molecular flexibility index (Phi) is 7.25. The molecule has 1 amide bonds. The highest BCUT2D eigenvalue weighted by atomic mass is 19.1. The Labute approximate surface area is 184 Å². The summed E-state index contributed by atoms with van der Waals surface area (Å²) >= 11 is 0. The zero-order valence-corrected chi connectivity index (χ0v) is 17.6. The Bertz CT molecular complexity index is 1030. The number of rotatable bonds is 9. The summed E-state index contributed by atoms with van der Waals surface area (Å²) < 4.78 is 18.5. The molecule has 1 saturated heterocycles. The van der Waals surface area contributed by atoms with Crippen LogP contribution in [-0.4, -0.2) is 46.4 Å². The van der Waals surface area contributed by atoms with Crippen molar-refractivity contribution in [2.75, 3.05) is 13.7 Å². The van der Waals surface area contributed by atoms with Gasteiger partial charge in [0.05, 0.1) is 18.7 Å². The number of halogens is 1. The van der Waals surface area contributed by atoms with Crippen molar-refractivity contribution in [2.45, 2.75) is 31.7 Å². The minimum Gasteiger partial charge on any atom is -0.507 e. The number of aliphatic hydroxyl groups excluding tert-OH is 1. The van der Waals surface area contributed by atoms with E-state index in [1.54, 1.807) is 24.3 Å². The fourth-order valence-corrected chi connectivity index (χ4v) is 3.74. The second-order valence-corrected chi connectivity index (χ2v) is 7.48. The van der Waals surface area contributed by atoms with Crippen molar-refractivity contribution in [2.24, 2.45) is 0 Å². The number of aliphatic hydroxyl groups is 1. The maximum Gasteiger partial charge on any atom is 0.303 e. The molecule has 8 heteroatoms. The van der Waals surface area contributed by atoms with Crippen molar-refractivity contribution in [3.8, 4) is 5.75 Å². The fourth-order valence-electron chi connectivity index (χ4n) is 3.74. The summed E-state index contributed by atoms with van der Waals surface area (Å²) in [7, 11) is 1.52. The number of Topliss-reactive ketones (excluding diaryl/α,β-unsaturated/α-hetero) is 1. The Hall–Kier alpha value is -3.68. The lowest BCUT2D eigenvalue weighted by molar-refractivity contribution is -0.140. The van der Waals surface area contributed by atoms with Gasteiger partial charge in [0.25, 0.3) is 11.7 Å². The molecular weight excluding hydrogens is 417 g/mol. The summed E-state index contributed by atoms with van der Waals surface area (Å²) in [6.45, 7) is 0.223. The van der Waals surface area contributed by atoms with Crippen molar-refractivity contribution < 1.29 is 33.7 Å². The Morgan fingerprint density at radius 1 is 1.00 bits per heavy atom. The van der Waals surface area contributed by atoms with Crippen molar-refractivity contribution in [1.82, 2.24) is 4.90 Å². The molecule has 1 aliphatic heterocycles. The van der Waals surface area contributed by atoms with E-state index in [2.05, 4.69) is 0 Å². The van der Waals surface area contributed by atoms with E-state index in [4.69, 9.17) is 9.84 Å². The van der Waals surface area contributed by atoms with E-state index in [9.17, 15) is 23.9 Å². The first-order chi connectivity index (χ1) is 15.3. The second kappa shape index (κ2) is 10.1. The predicted octanol–water partition coefficient (Wildman–Crippen LogP) is 3.90. The van der Waals surface area contributed by atoms with E-state index in [1.165, 1.54) is 24.1 Å². The summed E-state index contributed by atoms with van der Waals surface area (Å²) in [6.07, 6.45) is 1.57. The van der Waals surface area contributed by atoms with Crippen LogP contribution in [0.1, 0.15) is 42.9 Å². The molecule has 0 aromatic heterocycles. The highest BCUT2D eigenvalue weighted by Crippen LogP contribution is 2.40. The summed E-state index contributed by atoms with van der Waals surface area (Å²) in [4.78, 5) is 37.8. The molecule has 3 rings (SSSR count). The van der Waals surface area contributed by atoms with Crippen LogP contribution < -0.4 is 4.74 Å². The van der Waals surface area contributed by atoms with Gasteiger partial charge in [0.1, 0.15) is 17.3 Å². The van der Waals surface area contributed by atoms with Gasteiger partial charge in [0.2, 0.25) is 0 Å². The molecule has 1 fully saturated rings. The third kappa shape index (κ3) is 4.96.